The Morgan fingerprint density at radius 1 is 1.55 bits per heavy atom. The average Bonchev–Trinajstić information content (AvgIpc) is 1.88. The fourth-order valence-electron chi connectivity index (χ4n) is 0.634. The highest BCUT2D eigenvalue weighted by molar-refractivity contribution is 9.10. The van der Waals surface area contributed by atoms with Crippen LogP contribution in [0.4, 0.5) is 0 Å². The second kappa shape index (κ2) is 4.69. The van der Waals surface area contributed by atoms with Crippen LogP contribution in [-0.4, -0.2) is 22.1 Å². The van der Waals surface area contributed by atoms with Crippen molar-refractivity contribution in [3.63, 3.8) is 0 Å². The molecule has 0 aromatic heterocycles. The van der Waals surface area contributed by atoms with Crippen molar-refractivity contribution in [2.45, 2.75) is 23.7 Å². The van der Waals surface area contributed by atoms with Crippen LogP contribution in [-0.2, 0) is 4.79 Å². The Hall–Kier alpha value is -0.130. The number of aliphatic carboxylic acids is 1. The van der Waals surface area contributed by atoms with Crippen LogP contribution >= 0.6 is 15.9 Å². The van der Waals surface area contributed by atoms with E-state index in [1.54, 1.807) is 0 Å². The normalized spacial score (nSPS) is 15.9. The van der Waals surface area contributed by atoms with Gasteiger partial charge in [0.05, 0.1) is 0 Å². The molecule has 0 saturated carbocycles. The molecule has 1 atom stereocenters. The highest BCUT2D eigenvalue weighted by Gasteiger charge is 2.29. The molecule has 0 bridgehead atoms. The lowest BCUT2D eigenvalue weighted by Crippen LogP contribution is -2.41. The van der Waals surface area contributed by atoms with Gasteiger partial charge in [0.25, 0.3) is 0 Å². The monoisotopic (exact) mass is 224 g/mol. The van der Waals surface area contributed by atoms with E-state index in [0.29, 0.717) is 13.0 Å². The zero-order chi connectivity index (χ0) is 8.91. The molecule has 11 heavy (non-hydrogen) atoms. The first-order chi connectivity index (χ1) is 5.00. The minimum absolute atomic E-state index is 0.402. The number of carboxylic acid groups (broad SMARTS) is 1. The van der Waals surface area contributed by atoms with E-state index in [1.165, 1.54) is 0 Å². The quantitative estimate of drug-likeness (QED) is 0.355. The van der Waals surface area contributed by atoms with Crippen LogP contribution in [0.5, 0.6) is 0 Å². The number of nitrogens with two attached hydrogens (primary N) is 2. The number of carbonyl (C=O) groups is 1. The van der Waals surface area contributed by atoms with Crippen LogP contribution in [0.3, 0.4) is 0 Å². The summed E-state index contributed by atoms with van der Waals surface area (Å²) in [5, 5.41) is 8.54. The number of hydrogen-bond acceptors (Lipinski definition) is 3. The molecule has 0 aliphatic heterocycles. The number of alkyl halides is 1. The molecule has 0 rings (SSSR count). The summed E-state index contributed by atoms with van der Waals surface area (Å²) in [6, 6.07) is 0. The lowest BCUT2D eigenvalue weighted by Gasteiger charge is -2.15. The second-order valence-corrected chi connectivity index (χ2v) is 3.83. The third kappa shape index (κ3) is 4.34. The highest BCUT2D eigenvalue weighted by Crippen LogP contribution is 2.18. The van der Waals surface area contributed by atoms with Crippen molar-refractivity contribution in [2.24, 2.45) is 11.5 Å². The molecule has 0 saturated heterocycles. The molecule has 0 fully saturated rings. The Morgan fingerprint density at radius 3 is 2.45 bits per heavy atom. The molecule has 0 heterocycles. The van der Waals surface area contributed by atoms with Gasteiger partial charge in [0, 0.05) is 0 Å². The molecule has 0 spiro atoms. The predicted octanol–water partition coefficient (Wildman–Crippen LogP) is 0.250. The standard InChI is InChI=1S/C6H13BrN2O2/c7-6(9,5(10)11)3-1-2-4-8/h1-4,8-9H2,(H,10,11)/t6-/m1/s1. The fraction of sp³-hybridized carbons (Fsp3) is 0.833. The van der Waals surface area contributed by atoms with Crippen molar-refractivity contribution in [2.75, 3.05) is 6.54 Å². The van der Waals surface area contributed by atoms with E-state index < -0.39 is 10.4 Å². The number of unbranched alkanes of at least 4 members (excludes halogenated alkanes) is 1. The lowest BCUT2D eigenvalue weighted by molar-refractivity contribution is -0.139. The van der Waals surface area contributed by atoms with E-state index in [0.717, 1.165) is 12.8 Å². The Labute approximate surface area is 74.1 Å². The van der Waals surface area contributed by atoms with E-state index in [-0.39, 0.29) is 0 Å². The molecule has 0 unspecified atom stereocenters. The third-order valence-corrected chi connectivity index (χ3v) is 2.09. The predicted molar refractivity (Wildman–Crippen MR) is 46.4 cm³/mol. The highest BCUT2D eigenvalue weighted by atomic mass is 79.9. The summed E-state index contributed by atoms with van der Waals surface area (Å²) in [6.07, 6.45) is 1.93. The van der Waals surface area contributed by atoms with Crippen LogP contribution < -0.4 is 11.5 Å². The fourth-order valence-corrected chi connectivity index (χ4v) is 0.914. The van der Waals surface area contributed by atoms with Crippen LogP contribution in [0.1, 0.15) is 19.3 Å². The van der Waals surface area contributed by atoms with Crippen molar-refractivity contribution in [3.05, 3.63) is 0 Å². The van der Waals surface area contributed by atoms with Crippen molar-refractivity contribution in [3.8, 4) is 0 Å². The molecule has 0 aliphatic carbocycles. The molecule has 0 aromatic carbocycles. The number of hydrogen-bond donors (Lipinski definition) is 3. The first kappa shape index (κ1) is 10.9. The van der Waals surface area contributed by atoms with E-state index in [9.17, 15) is 4.79 Å². The van der Waals surface area contributed by atoms with Gasteiger partial charge in [-0.3, -0.25) is 0 Å². The lowest BCUT2D eigenvalue weighted by atomic mass is 10.1. The largest absolute Gasteiger partial charge is 0.479 e. The summed E-state index contributed by atoms with van der Waals surface area (Å²) in [5.74, 6) is -1.03. The van der Waals surface area contributed by atoms with Crippen LogP contribution in [0, 0.1) is 0 Å². The molecule has 4 nitrogen and oxygen atoms in total. The van der Waals surface area contributed by atoms with Crippen molar-refractivity contribution < 1.29 is 9.90 Å². The average molecular weight is 225 g/mol. The summed E-state index contributed by atoms with van der Waals surface area (Å²) >= 11 is 2.91. The van der Waals surface area contributed by atoms with Gasteiger partial charge in [-0.2, -0.15) is 0 Å². The van der Waals surface area contributed by atoms with Crippen LogP contribution in [0.15, 0.2) is 0 Å². The van der Waals surface area contributed by atoms with Gasteiger partial charge in [-0.05, 0) is 25.8 Å². The van der Waals surface area contributed by atoms with Crippen LogP contribution in [0.25, 0.3) is 0 Å². The molecule has 5 N–H and O–H groups in total. The topological polar surface area (TPSA) is 89.3 Å². The van der Waals surface area contributed by atoms with Gasteiger partial charge < -0.3 is 16.6 Å². The third-order valence-electron chi connectivity index (χ3n) is 1.35. The van der Waals surface area contributed by atoms with Gasteiger partial charge in [-0.1, -0.05) is 15.9 Å². The molecule has 0 aliphatic rings. The van der Waals surface area contributed by atoms with E-state index in [2.05, 4.69) is 15.9 Å². The number of carboxylic acids is 1. The van der Waals surface area contributed by atoms with E-state index >= 15 is 0 Å². The van der Waals surface area contributed by atoms with Crippen LogP contribution in [0.2, 0.25) is 0 Å². The van der Waals surface area contributed by atoms with Gasteiger partial charge in [0.2, 0.25) is 0 Å². The maximum absolute atomic E-state index is 10.4. The Bertz CT molecular complexity index is 139. The van der Waals surface area contributed by atoms with Gasteiger partial charge in [-0.25, -0.2) is 4.79 Å². The maximum atomic E-state index is 10.4. The van der Waals surface area contributed by atoms with Crippen molar-refractivity contribution in [1.82, 2.24) is 0 Å². The van der Waals surface area contributed by atoms with Gasteiger partial charge in [0.1, 0.15) is 0 Å². The van der Waals surface area contributed by atoms with Crippen molar-refractivity contribution in [1.29, 1.82) is 0 Å². The molecule has 66 valence electrons. The Kier molecular flexibility index (Phi) is 4.63. The molecule has 0 aromatic rings. The van der Waals surface area contributed by atoms with E-state index in [1.807, 2.05) is 0 Å². The summed E-state index contributed by atoms with van der Waals surface area (Å²) in [4.78, 5) is 10.4. The van der Waals surface area contributed by atoms with Gasteiger partial charge >= 0.3 is 5.97 Å². The number of halogens is 1. The molecule has 0 amide bonds. The smallest absolute Gasteiger partial charge is 0.334 e. The first-order valence-electron chi connectivity index (χ1n) is 3.42. The zero-order valence-corrected chi connectivity index (χ0v) is 7.80. The maximum Gasteiger partial charge on any atom is 0.334 e. The van der Waals surface area contributed by atoms with Gasteiger partial charge in [0.15, 0.2) is 4.45 Å². The summed E-state index contributed by atoms with van der Waals surface area (Å²) in [6.45, 7) is 0.572. The summed E-state index contributed by atoms with van der Waals surface area (Å²) in [7, 11) is 0. The minimum Gasteiger partial charge on any atom is -0.479 e. The summed E-state index contributed by atoms with van der Waals surface area (Å²) in [5.41, 5.74) is 10.6. The number of rotatable bonds is 5. The second-order valence-electron chi connectivity index (χ2n) is 2.41. The Morgan fingerprint density at radius 2 is 2.09 bits per heavy atom. The SMILES string of the molecule is NCCCC[C@](N)(Br)C(=O)O. The molecular formula is C6H13BrN2O2. The first-order valence-corrected chi connectivity index (χ1v) is 4.21. The summed E-state index contributed by atoms with van der Waals surface area (Å²) < 4.78 is -1.28. The minimum atomic E-state index is -1.28. The van der Waals surface area contributed by atoms with E-state index in [4.69, 9.17) is 16.6 Å². The molecule has 5 heteroatoms. The van der Waals surface area contributed by atoms with Crippen molar-refractivity contribution >= 4 is 21.9 Å². The van der Waals surface area contributed by atoms with Gasteiger partial charge in [-0.15, -0.1) is 0 Å². The zero-order valence-electron chi connectivity index (χ0n) is 6.22. The molecule has 0 radical (unpaired) electrons. The Balaban J connectivity index is 3.64. The molecular weight excluding hydrogens is 212 g/mol.